The van der Waals surface area contributed by atoms with Crippen LogP contribution in [-0.2, 0) is 11.3 Å². The Labute approximate surface area is 134 Å². The lowest BCUT2D eigenvalue weighted by Gasteiger charge is -2.37. The Hall–Kier alpha value is -3.07. The van der Waals surface area contributed by atoms with Gasteiger partial charge in [0, 0.05) is 30.5 Å². The van der Waals surface area contributed by atoms with Crippen molar-refractivity contribution in [3.05, 3.63) is 42.1 Å². The van der Waals surface area contributed by atoms with Crippen LogP contribution in [0.2, 0.25) is 0 Å². The van der Waals surface area contributed by atoms with E-state index in [1.54, 1.807) is 11.1 Å². The first-order valence-corrected chi connectivity index (χ1v) is 7.50. The third-order valence-electron chi connectivity index (χ3n) is 4.33. The summed E-state index contributed by atoms with van der Waals surface area (Å²) >= 11 is 0. The van der Waals surface area contributed by atoms with Crippen LogP contribution < -0.4 is 15.1 Å². The van der Waals surface area contributed by atoms with Crippen molar-refractivity contribution in [1.29, 1.82) is 5.26 Å². The fourth-order valence-corrected chi connectivity index (χ4v) is 3.00. The number of carbonyl (C=O) groups is 1. The van der Waals surface area contributed by atoms with E-state index in [4.69, 9.17) is 5.26 Å². The molecule has 1 fully saturated rings. The Morgan fingerprint density at radius 3 is 3.00 bits per heavy atom. The summed E-state index contributed by atoms with van der Waals surface area (Å²) in [5.74, 6) is 0.877. The van der Waals surface area contributed by atoms with Crippen molar-refractivity contribution in [2.45, 2.75) is 6.54 Å². The number of amides is 1. The number of carbonyl (C=O) groups excluding carboxylic acids is 1. The number of benzene rings is 1. The van der Waals surface area contributed by atoms with Gasteiger partial charge in [-0.1, -0.05) is 6.07 Å². The number of aromatic nitrogens is 1. The van der Waals surface area contributed by atoms with Gasteiger partial charge in [-0.3, -0.25) is 4.79 Å². The van der Waals surface area contributed by atoms with E-state index in [9.17, 15) is 4.79 Å². The van der Waals surface area contributed by atoms with E-state index in [-0.39, 0.29) is 5.92 Å². The molecule has 114 valence electrons. The quantitative estimate of drug-likeness (QED) is 0.862. The first-order chi connectivity index (χ1) is 11.3. The molecule has 0 spiro atoms. The van der Waals surface area contributed by atoms with Gasteiger partial charge in [-0.2, -0.15) is 5.26 Å². The lowest BCUT2D eigenvalue weighted by molar-refractivity contribution is -0.107. The maximum Gasteiger partial charge on any atom is 0.214 e. The van der Waals surface area contributed by atoms with Crippen LogP contribution in [0.5, 0.6) is 0 Å². The van der Waals surface area contributed by atoms with Crippen molar-refractivity contribution in [3.8, 4) is 6.07 Å². The summed E-state index contributed by atoms with van der Waals surface area (Å²) in [4.78, 5) is 19.7. The number of hydrogen-bond acceptors (Lipinski definition) is 5. The van der Waals surface area contributed by atoms with Gasteiger partial charge >= 0.3 is 0 Å². The summed E-state index contributed by atoms with van der Waals surface area (Å²) in [7, 11) is 0. The highest BCUT2D eigenvalue weighted by atomic mass is 16.1. The van der Waals surface area contributed by atoms with Crippen LogP contribution in [0.1, 0.15) is 5.56 Å². The van der Waals surface area contributed by atoms with Crippen molar-refractivity contribution in [1.82, 2.24) is 4.98 Å². The van der Waals surface area contributed by atoms with Crippen molar-refractivity contribution in [2.75, 3.05) is 28.2 Å². The first kappa shape index (κ1) is 13.6. The van der Waals surface area contributed by atoms with E-state index in [2.05, 4.69) is 21.3 Å². The zero-order valence-electron chi connectivity index (χ0n) is 12.4. The number of pyridine rings is 1. The van der Waals surface area contributed by atoms with Gasteiger partial charge in [0.1, 0.15) is 5.82 Å². The molecule has 1 aromatic heterocycles. The molecule has 1 aromatic carbocycles. The Morgan fingerprint density at radius 2 is 2.22 bits per heavy atom. The Bertz CT molecular complexity index is 807. The van der Waals surface area contributed by atoms with E-state index in [0.29, 0.717) is 6.54 Å². The molecule has 0 bridgehead atoms. The van der Waals surface area contributed by atoms with Gasteiger partial charge in [0.2, 0.25) is 6.41 Å². The zero-order valence-corrected chi connectivity index (χ0v) is 12.4. The lowest BCUT2D eigenvalue weighted by atomic mass is 10.0. The van der Waals surface area contributed by atoms with Crippen LogP contribution in [0.3, 0.4) is 0 Å². The van der Waals surface area contributed by atoms with E-state index in [1.165, 1.54) is 0 Å². The number of nitriles is 1. The highest BCUT2D eigenvalue weighted by Crippen LogP contribution is 2.38. The third-order valence-corrected chi connectivity index (χ3v) is 4.33. The van der Waals surface area contributed by atoms with Crippen molar-refractivity contribution >= 4 is 29.3 Å². The van der Waals surface area contributed by atoms with Gasteiger partial charge in [-0.25, -0.2) is 4.98 Å². The smallest absolute Gasteiger partial charge is 0.214 e. The highest BCUT2D eigenvalue weighted by Gasteiger charge is 2.28. The van der Waals surface area contributed by atoms with E-state index < -0.39 is 0 Å². The molecule has 6 nitrogen and oxygen atoms in total. The summed E-state index contributed by atoms with van der Waals surface area (Å²) in [5.41, 5.74) is 3.69. The predicted octanol–water partition coefficient (Wildman–Crippen LogP) is 2.26. The minimum Gasteiger partial charge on any atom is -0.369 e. The molecule has 2 aliphatic rings. The highest BCUT2D eigenvalue weighted by molar-refractivity contribution is 5.89. The Balaban J connectivity index is 1.70. The van der Waals surface area contributed by atoms with Crippen LogP contribution in [0.25, 0.3) is 0 Å². The molecule has 0 atom stereocenters. The van der Waals surface area contributed by atoms with Crippen LogP contribution in [0.4, 0.5) is 22.9 Å². The number of anilines is 4. The average molecular weight is 305 g/mol. The second-order valence-electron chi connectivity index (χ2n) is 5.80. The van der Waals surface area contributed by atoms with E-state index >= 15 is 0 Å². The van der Waals surface area contributed by atoms with E-state index in [0.717, 1.165) is 47.9 Å². The van der Waals surface area contributed by atoms with E-state index in [1.807, 2.05) is 30.3 Å². The predicted molar refractivity (Wildman–Crippen MR) is 87.5 cm³/mol. The zero-order chi connectivity index (χ0) is 15.8. The van der Waals surface area contributed by atoms with Crippen LogP contribution >= 0.6 is 0 Å². The number of nitrogens with zero attached hydrogens (tertiary/aromatic N) is 4. The van der Waals surface area contributed by atoms with Gasteiger partial charge < -0.3 is 15.1 Å². The van der Waals surface area contributed by atoms with Gasteiger partial charge in [0.15, 0.2) is 0 Å². The average Bonchev–Trinajstić information content (AvgIpc) is 2.70. The van der Waals surface area contributed by atoms with Crippen molar-refractivity contribution in [3.63, 3.8) is 0 Å². The first-order valence-electron chi connectivity index (χ1n) is 7.50. The number of fused-ring (bicyclic) bond motifs is 2. The normalized spacial score (nSPS) is 16.3. The molecule has 4 rings (SSSR count). The third kappa shape index (κ3) is 2.27. The SMILES string of the molecule is N#CC1CN(c2ccc3c(c2)N(C=O)Cc2cccnc2N3)C1. The fourth-order valence-electron chi connectivity index (χ4n) is 3.00. The molecular formula is C17H15N5O. The standard InChI is InChI=1S/C17H15N5O/c18-7-12-8-21(9-12)14-3-4-15-16(6-14)22(11-23)10-13-2-1-5-19-17(13)20-15/h1-6,11-12H,8-10H2,(H,19,20). The monoisotopic (exact) mass is 305 g/mol. The molecule has 3 heterocycles. The van der Waals surface area contributed by atoms with Crippen molar-refractivity contribution in [2.24, 2.45) is 5.92 Å². The Kier molecular flexibility index (Phi) is 3.12. The number of hydrogen-bond donors (Lipinski definition) is 1. The second kappa shape index (κ2) is 5.29. The summed E-state index contributed by atoms with van der Waals surface area (Å²) in [5, 5.41) is 12.2. The molecule has 1 amide bonds. The molecule has 1 N–H and O–H groups in total. The molecule has 0 aliphatic carbocycles. The summed E-state index contributed by atoms with van der Waals surface area (Å²) in [6.07, 6.45) is 2.58. The maximum atomic E-state index is 11.6. The molecule has 6 heteroatoms. The van der Waals surface area contributed by atoms with Crippen LogP contribution in [0, 0.1) is 17.2 Å². The minimum atomic E-state index is 0.0996. The van der Waals surface area contributed by atoms with Gasteiger partial charge in [-0.05, 0) is 24.3 Å². The van der Waals surface area contributed by atoms with Gasteiger partial charge in [0.05, 0.1) is 29.9 Å². The maximum absolute atomic E-state index is 11.6. The van der Waals surface area contributed by atoms with Crippen LogP contribution in [-0.4, -0.2) is 24.5 Å². The van der Waals surface area contributed by atoms with Crippen molar-refractivity contribution < 1.29 is 4.79 Å². The summed E-state index contributed by atoms with van der Waals surface area (Å²) in [6, 6.07) is 12.1. The molecular weight excluding hydrogens is 290 g/mol. The molecule has 0 unspecified atom stereocenters. The topological polar surface area (TPSA) is 72.3 Å². The fraction of sp³-hybridized carbons (Fsp3) is 0.235. The summed E-state index contributed by atoms with van der Waals surface area (Å²) in [6.45, 7) is 1.97. The minimum absolute atomic E-state index is 0.0996. The lowest BCUT2D eigenvalue weighted by Crippen LogP contribution is -2.46. The molecule has 23 heavy (non-hydrogen) atoms. The molecule has 0 saturated carbocycles. The number of nitrogens with one attached hydrogen (secondary N) is 1. The van der Waals surface area contributed by atoms with Gasteiger partial charge in [-0.15, -0.1) is 0 Å². The van der Waals surface area contributed by atoms with Crippen LogP contribution in [0.15, 0.2) is 36.5 Å². The molecule has 2 aromatic rings. The Morgan fingerprint density at radius 1 is 1.35 bits per heavy atom. The molecule has 1 saturated heterocycles. The number of rotatable bonds is 2. The molecule has 2 aliphatic heterocycles. The summed E-state index contributed by atoms with van der Waals surface area (Å²) < 4.78 is 0. The largest absolute Gasteiger partial charge is 0.369 e. The second-order valence-corrected chi connectivity index (χ2v) is 5.80. The molecule has 0 radical (unpaired) electrons. The van der Waals surface area contributed by atoms with Gasteiger partial charge in [0.25, 0.3) is 0 Å².